The van der Waals surface area contributed by atoms with Crippen LogP contribution in [0.15, 0.2) is 41.8 Å². The molecule has 2 fully saturated rings. The molecule has 3 heterocycles. The van der Waals surface area contributed by atoms with Crippen LogP contribution in [-0.4, -0.2) is 53.7 Å². The van der Waals surface area contributed by atoms with Crippen LogP contribution in [0.25, 0.3) is 10.4 Å². The zero-order valence-electron chi connectivity index (χ0n) is 17.9. The number of thiophene rings is 1. The van der Waals surface area contributed by atoms with Crippen LogP contribution >= 0.6 is 11.3 Å². The molecule has 3 amide bonds. The van der Waals surface area contributed by atoms with Gasteiger partial charge in [0.15, 0.2) is 0 Å². The lowest BCUT2D eigenvalue weighted by Gasteiger charge is -2.42. The van der Waals surface area contributed by atoms with Gasteiger partial charge in [0, 0.05) is 37.5 Å². The average Bonchev–Trinajstić information content (AvgIpc) is 3.43. The summed E-state index contributed by atoms with van der Waals surface area (Å²) in [5.41, 5.74) is 7.35. The van der Waals surface area contributed by atoms with Crippen molar-refractivity contribution in [3.8, 4) is 10.4 Å². The summed E-state index contributed by atoms with van der Waals surface area (Å²) in [6.45, 7) is 3.94. The van der Waals surface area contributed by atoms with Gasteiger partial charge in [-0.3, -0.25) is 14.4 Å². The molecule has 0 bridgehead atoms. The number of benzene rings is 1. The van der Waals surface area contributed by atoms with Crippen molar-refractivity contribution in [3.63, 3.8) is 0 Å². The summed E-state index contributed by atoms with van der Waals surface area (Å²) in [6, 6.07) is 12.2. The number of amides is 3. The SMILES string of the molecule is CCN1CC(C(=O)N2CCCC(Cc3ccccc3-c3cccs3)(C(N)=O)C2)CC1=O. The van der Waals surface area contributed by atoms with E-state index < -0.39 is 5.41 Å². The van der Waals surface area contributed by atoms with Gasteiger partial charge >= 0.3 is 0 Å². The number of likely N-dealkylation sites (tertiary alicyclic amines) is 2. The molecular formula is C24H29N3O3S. The van der Waals surface area contributed by atoms with E-state index in [1.165, 1.54) is 0 Å². The molecule has 0 radical (unpaired) electrons. The number of rotatable bonds is 6. The first-order valence-electron chi connectivity index (χ1n) is 10.9. The Kier molecular flexibility index (Phi) is 6.14. The molecule has 4 rings (SSSR count). The highest BCUT2D eigenvalue weighted by molar-refractivity contribution is 7.13. The van der Waals surface area contributed by atoms with E-state index in [0.717, 1.165) is 22.4 Å². The lowest BCUT2D eigenvalue weighted by atomic mass is 9.73. The highest BCUT2D eigenvalue weighted by atomic mass is 32.1. The topological polar surface area (TPSA) is 83.7 Å². The van der Waals surface area contributed by atoms with Gasteiger partial charge in [0.2, 0.25) is 17.7 Å². The molecule has 2 N–H and O–H groups in total. The summed E-state index contributed by atoms with van der Waals surface area (Å²) in [5, 5.41) is 2.04. The van der Waals surface area contributed by atoms with Crippen LogP contribution in [-0.2, 0) is 20.8 Å². The molecule has 2 aromatic rings. The van der Waals surface area contributed by atoms with Gasteiger partial charge in [-0.1, -0.05) is 30.3 Å². The Hall–Kier alpha value is -2.67. The maximum atomic E-state index is 13.2. The Morgan fingerprint density at radius 2 is 2.03 bits per heavy atom. The molecule has 2 aliphatic heterocycles. The van der Waals surface area contributed by atoms with E-state index >= 15 is 0 Å². The first kappa shape index (κ1) is 21.6. The molecule has 0 saturated carbocycles. The summed E-state index contributed by atoms with van der Waals surface area (Å²) in [4.78, 5) is 42.7. The average molecular weight is 440 g/mol. The second-order valence-corrected chi connectivity index (χ2v) is 9.60. The van der Waals surface area contributed by atoms with Crippen molar-refractivity contribution in [2.24, 2.45) is 17.1 Å². The zero-order chi connectivity index (χ0) is 22.0. The van der Waals surface area contributed by atoms with Crippen LogP contribution in [0, 0.1) is 11.3 Å². The summed E-state index contributed by atoms with van der Waals surface area (Å²) < 4.78 is 0. The molecule has 1 aromatic carbocycles. The predicted molar refractivity (Wildman–Crippen MR) is 121 cm³/mol. The Morgan fingerprint density at radius 1 is 1.23 bits per heavy atom. The van der Waals surface area contributed by atoms with Crippen LogP contribution in [0.2, 0.25) is 0 Å². The minimum atomic E-state index is -0.797. The van der Waals surface area contributed by atoms with E-state index in [-0.39, 0.29) is 30.1 Å². The molecule has 164 valence electrons. The predicted octanol–water partition coefficient (Wildman–Crippen LogP) is 2.92. The molecule has 0 spiro atoms. The third kappa shape index (κ3) is 4.24. The number of carbonyl (C=O) groups excluding carboxylic acids is 3. The number of carbonyl (C=O) groups is 3. The number of piperidine rings is 1. The highest BCUT2D eigenvalue weighted by Gasteiger charge is 2.45. The standard InChI is InChI=1S/C24H29N3O3S/c1-2-26-15-18(13-21(26)28)22(29)27-11-6-10-24(16-27,23(25)30)14-17-7-3-4-8-19(17)20-9-5-12-31-20/h3-5,7-9,12,18H,2,6,10-11,13-16H2,1H3,(H2,25,30). The molecular weight excluding hydrogens is 410 g/mol. The first-order valence-corrected chi connectivity index (χ1v) is 11.8. The molecule has 7 heteroatoms. The lowest BCUT2D eigenvalue weighted by molar-refractivity contribution is -0.143. The third-order valence-corrected chi connectivity index (χ3v) is 7.59. The number of nitrogens with zero attached hydrogens (tertiary/aromatic N) is 2. The quantitative estimate of drug-likeness (QED) is 0.751. The third-order valence-electron chi connectivity index (χ3n) is 6.69. The van der Waals surface area contributed by atoms with Gasteiger partial charge < -0.3 is 15.5 Å². The smallest absolute Gasteiger partial charge is 0.228 e. The monoisotopic (exact) mass is 439 g/mol. The van der Waals surface area contributed by atoms with E-state index in [1.807, 2.05) is 30.5 Å². The van der Waals surface area contributed by atoms with E-state index in [2.05, 4.69) is 18.2 Å². The van der Waals surface area contributed by atoms with Crippen molar-refractivity contribution in [2.45, 2.75) is 32.6 Å². The Morgan fingerprint density at radius 3 is 2.71 bits per heavy atom. The van der Waals surface area contributed by atoms with Crippen LogP contribution in [0.1, 0.15) is 31.7 Å². The zero-order valence-corrected chi connectivity index (χ0v) is 18.7. The van der Waals surface area contributed by atoms with E-state index in [9.17, 15) is 14.4 Å². The Labute approximate surface area is 187 Å². The van der Waals surface area contributed by atoms with Gasteiger partial charge in [-0.25, -0.2) is 0 Å². The van der Waals surface area contributed by atoms with Gasteiger partial charge in [-0.05, 0) is 48.8 Å². The van der Waals surface area contributed by atoms with Gasteiger partial charge in [-0.2, -0.15) is 0 Å². The van der Waals surface area contributed by atoms with Crippen molar-refractivity contribution < 1.29 is 14.4 Å². The van der Waals surface area contributed by atoms with Crippen molar-refractivity contribution in [1.82, 2.24) is 9.80 Å². The molecule has 2 atom stereocenters. The van der Waals surface area contributed by atoms with Crippen molar-refractivity contribution in [1.29, 1.82) is 0 Å². The number of nitrogens with two attached hydrogens (primary N) is 1. The van der Waals surface area contributed by atoms with E-state index in [1.54, 1.807) is 21.1 Å². The van der Waals surface area contributed by atoms with E-state index in [4.69, 9.17) is 5.73 Å². The van der Waals surface area contributed by atoms with Gasteiger partial charge in [0.25, 0.3) is 0 Å². The van der Waals surface area contributed by atoms with E-state index in [0.29, 0.717) is 39.0 Å². The van der Waals surface area contributed by atoms with Gasteiger partial charge in [-0.15, -0.1) is 11.3 Å². The maximum absolute atomic E-state index is 13.2. The van der Waals surface area contributed by atoms with Crippen molar-refractivity contribution >= 4 is 29.1 Å². The fourth-order valence-electron chi connectivity index (χ4n) is 4.96. The molecule has 0 aliphatic carbocycles. The minimum Gasteiger partial charge on any atom is -0.369 e. The summed E-state index contributed by atoms with van der Waals surface area (Å²) >= 11 is 1.67. The van der Waals surface area contributed by atoms with Crippen LogP contribution < -0.4 is 5.73 Å². The normalized spacial score (nSPS) is 23.9. The van der Waals surface area contributed by atoms with Crippen LogP contribution in [0.4, 0.5) is 0 Å². The molecule has 2 aliphatic rings. The number of hydrogen-bond acceptors (Lipinski definition) is 4. The number of hydrogen-bond donors (Lipinski definition) is 1. The molecule has 1 aromatic heterocycles. The van der Waals surface area contributed by atoms with Gasteiger partial charge in [0.05, 0.1) is 11.3 Å². The summed E-state index contributed by atoms with van der Waals surface area (Å²) in [5.74, 6) is -0.678. The molecule has 31 heavy (non-hydrogen) atoms. The number of primary amides is 1. The van der Waals surface area contributed by atoms with Crippen molar-refractivity contribution in [2.75, 3.05) is 26.2 Å². The maximum Gasteiger partial charge on any atom is 0.228 e. The molecule has 2 saturated heterocycles. The highest BCUT2D eigenvalue weighted by Crippen LogP contribution is 2.38. The molecule has 2 unspecified atom stereocenters. The fraction of sp³-hybridized carbons (Fsp3) is 0.458. The second kappa shape index (κ2) is 8.83. The summed E-state index contributed by atoms with van der Waals surface area (Å²) in [7, 11) is 0. The minimum absolute atomic E-state index is 0.0267. The lowest BCUT2D eigenvalue weighted by Crippen LogP contribution is -2.54. The molecule has 6 nitrogen and oxygen atoms in total. The van der Waals surface area contributed by atoms with Gasteiger partial charge in [0.1, 0.15) is 0 Å². The first-order chi connectivity index (χ1) is 14.9. The largest absolute Gasteiger partial charge is 0.369 e. The summed E-state index contributed by atoms with van der Waals surface area (Å²) in [6.07, 6.45) is 2.16. The van der Waals surface area contributed by atoms with Crippen LogP contribution in [0.3, 0.4) is 0 Å². The fourth-order valence-corrected chi connectivity index (χ4v) is 5.75. The Balaban J connectivity index is 1.57. The van der Waals surface area contributed by atoms with Crippen molar-refractivity contribution in [3.05, 3.63) is 47.3 Å². The second-order valence-electron chi connectivity index (χ2n) is 8.65. The van der Waals surface area contributed by atoms with Crippen LogP contribution in [0.5, 0.6) is 0 Å². The Bertz CT molecular complexity index is 974.